The Morgan fingerprint density at radius 2 is 1.62 bits per heavy atom. The second-order valence-electron chi connectivity index (χ2n) is 6.14. The summed E-state index contributed by atoms with van der Waals surface area (Å²) in [5, 5.41) is 4.01. The number of rotatable bonds is 6. The van der Waals surface area contributed by atoms with Crippen molar-refractivity contribution in [2.75, 3.05) is 7.11 Å². The van der Waals surface area contributed by atoms with E-state index >= 15 is 0 Å². The number of hydrogen-bond acceptors (Lipinski definition) is 6. The Bertz CT molecular complexity index is 1140. The number of nitrogens with zero attached hydrogens (tertiary/aromatic N) is 2. The second-order valence-corrected chi connectivity index (χ2v) is 6.14. The zero-order chi connectivity index (χ0) is 20.2. The van der Waals surface area contributed by atoms with Gasteiger partial charge in [0.05, 0.1) is 12.7 Å². The summed E-state index contributed by atoms with van der Waals surface area (Å²) in [6.07, 6.45) is 0. The van der Waals surface area contributed by atoms with Crippen LogP contribution in [0.15, 0.2) is 77.3 Å². The highest BCUT2D eigenvalue weighted by atomic mass is 16.5. The van der Waals surface area contributed by atoms with Crippen LogP contribution in [0.1, 0.15) is 10.4 Å². The van der Waals surface area contributed by atoms with Gasteiger partial charge in [-0.1, -0.05) is 23.4 Å². The molecule has 0 bridgehead atoms. The van der Waals surface area contributed by atoms with Crippen molar-refractivity contribution >= 4 is 5.91 Å². The molecule has 1 amide bonds. The van der Waals surface area contributed by atoms with Crippen molar-refractivity contribution in [3.8, 4) is 40.1 Å². The molecular weight excluding hydrogens is 370 g/mol. The molecule has 0 radical (unpaired) electrons. The van der Waals surface area contributed by atoms with Crippen molar-refractivity contribution in [1.82, 2.24) is 10.1 Å². The highest BCUT2D eigenvalue weighted by molar-refractivity contribution is 5.96. The number of para-hydroxylation sites is 1. The van der Waals surface area contributed by atoms with E-state index in [0.717, 1.165) is 11.3 Å². The summed E-state index contributed by atoms with van der Waals surface area (Å²) in [5.41, 5.74) is 7.03. The summed E-state index contributed by atoms with van der Waals surface area (Å²) in [6.45, 7) is 0. The minimum atomic E-state index is -0.569. The SMILES string of the molecule is COc1cc(-c2noc(-c3ccc(Oc4ccccc4)cc3)n2)ccc1C(N)=O. The van der Waals surface area contributed by atoms with E-state index in [4.69, 9.17) is 19.7 Å². The predicted molar refractivity (Wildman–Crippen MR) is 107 cm³/mol. The smallest absolute Gasteiger partial charge is 0.258 e. The first kappa shape index (κ1) is 18.2. The quantitative estimate of drug-likeness (QED) is 0.529. The molecule has 1 aromatic heterocycles. The number of primary amides is 1. The van der Waals surface area contributed by atoms with E-state index in [-0.39, 0.29) is 5.56 Å². The third kappa shape index (κ3) is 3.93. The zero-order valence-electron chi connectivity index (χ0n) is 15.5. The van der Waals surface area contributed by atoms with E-state index in [1.165, 1.54) is 7.11 Å². The zero-order valence-corrected chi connectivity index (χ0v) is 15.5. The summed E-state index contributed by atoms with van der Waals surface area (Å²) in [7, 11) is 1.46. The molecule has 0 saturated carbocycles. The molecule has 2 N–H and O–H groups in total. The second kappa shape index (κ2) is 7.85. The van der Waals surface area contributed by atoms with Gasteiger partial charge in [-0.3, -0.25) is 4.79 Å². The first-order chi connectivity index (χ1) is 14.1. The van der Waals surface area contributed by atoms with Gasteiger partial charge in [-0.15, -0.1) is 0 Å². The molecule has 0 aliphatic rings. The van der Waals surface area contributed by atoms with Crippen LogP contribution in [0.5, 0.6) is 17.2 Å². The molecule has 29 heavy (non-hydrogen) atoms. The molecule has 7 nitrogen and oxygen atoms in total. The minimum absolute atomic E-state index is 0.286. The molecular formula is C22H17N3O4. The van der Waals surface area contributed by atoms with Gasteiger partial charge >= 0.3 is 0 Å². The van der Waals surface area contributed by atoms with Gasteiger partial charge in [0.1, 0.15) is 17.2 Å². The van der Waals surface area contributed by atoms with Gasteiger partial charge in [0, 0.05) is 11.1 Å². The van der Waals surface area contributed by atoms with E-state index in [1.807, 2.05) is 54.6 Å². The van der Waals surface area contributed by atoms with Crippen LogP contribution < -0.4 is 15.2 Å². The highest BCUT2D eigenvalue weighted by Crippen LogP contribution is 2.29. The monoisotopic (exact) mass is 387 g/mol. The fourth-order valence-electron chi connectivity index (χ4n) is 2.78. The highest BCUT2D eigenvalue weighted by Gasteiger charge is 2.15. The Morgan fingerprint density at radius 1 is 0.931 bits per heavy atom. The van der Waals surface area contributed by atoms with Gasteiger partial charge in [0.25, 0.3) is 11.8 Å². The summed E-state index contributed by atoms with van der Waals surface area (Å²) in [4.78, 5) is 15.9. The maximum absolute atomic E-state index is 11.4. The molecule has 144 valence electrons. The van der Waals surface area contributed by atoms with E-state index in [9.17, 15) is 4.79 Å². The molecule has 4 rings (SSSR count). The molecule has 7 heteroatoms. The molecule has 0 spiro atoms. The number of aromatic nitrogens is 2. The van der Waals surface area contributed by atoms with Crippen molar-refractivity contribution in [2.24, 2.45) is 5.73 Å². The molecule has 3 aromatic carbocycles. The van der Waals surface area contributed by atoms with E-state index in [0.29, 0.717) is 28.8 Å². The fraction of sp³-hybridized carbons (Fsp3) is 0.0455. The number of ether oxygens (including phenoxy) is 2. The van der Waals surface area contributed by atoms with Crippen LogP contribution >= 0.6 is 0 Å². The number of carbonyl (C=O) groups excluding carboxylic acids is 1. The van der Waals surface area contributed by atoms with Gasteiger partial charge in [0.15, 0.2) is 0 Å². The topological polar surface area (TPSA) is 100 Å². The van der Waals surface area contributed by atoms with Crippen molar-refractivity contribution in [3.05, 3.63) is 78.4 Å². The number of nitrogens with two attached hydrogens (primary N) is 1. The first-order valence-corrected chi connectivity index (χ1v) is 8.79. The van der Waals surface area contributed by atoms with Crippen molar-refractivity contribution in [1.29, 1.82) is 0 Å². The Labute approximate surface area is 166 Å². The number of methoxy groups -OCH3 is 1. The average Bonchev–Trinajstić information content (AvgIpc) is 3.25. The normalized spacial score (nSPS) is 10.5. The summed E-state index contributed by atoms with van der Waals surface area (Å²) < 4.78 is 16.4. The fourth-order valence-corrected chi connectivity index (χ4v) is 2.78. The molecule has 0 aliphatic heterocycles. The largest absolute Gasteiger partial charge is 0.496 e. The van der Waals surface area contributed by atoms with Gasteiger partial charge < -0.3 is 19.7 Å². The molecule has 0 atom stereocenters. The summed E-state index contributed by atoms with van der Waals surface area (Å²) >= 11 is 0. The molecule has 0 fully saturated rings. The van der Waals surface area contributed by atoms with E-state index < -0.39 is 5.91 Å². The Morgan fingerprint density at radius 3 is 2.31 bits per heavy atom. The van der Waals surface area contributed by atoms with Crippen LogP contribution in [0, 0.1) is 0 Å². The van der Waals surface area contributed by atoms with Crippen molar-refractivity contribution < 1.29 is 18.8 Å². The van der Waals surface area contributed by atoms with Crippen molar-refractivity contribution in [3.63, 3.8) is 0 Å². The Balaban J connectivity index is 1.55. The van der Waals surface area contributed by atoms with Crippen LogP contribution in [-0.4, -0.2) is 23.2 Å². The number of amides is 1. The molecule has 0 saturated heterocycles. The van der Waals surface area contributed by atoms with E-state index in [2.05, 4.69) is 10.1 Å². The lowest BCUT2D eigenvalue weighted by Crippen LogP contribution is -2.12. The predicted octanol–water partition coefficient (Wildman–Crippen LogP) is 4.30. The molecule has 0 aliphatic carbocycles. The molecule has 1 heterocycles. The molecule has 0 unspecified atom stereocenters. The van der Waals surface area contributed by atoms with Crippen molar-refractivity contribution in [2.45, 2.75) is 0 Å². The maximum atomic E-state index is 11.4. The lowest BCUT2D eigenvalue weighted by atomic mass is 10.1. The standard InChI is InChI=1S/C22H17N3O4/c1-27-19-13-15(9-12-18(19)20(23)26)21-24-22(29-25-21)14-7-10-17(11-8-14)28-16-5-3-2-4-6-16/h2-13H,1H3,(H2,23,26). The first-order valence-electron chi connectivity index (χ1n) is 8.79. The van der Waals surface area contributed by atoms with Crippen LogP contribution in [-0.2, 0) is 0 Å². The van der Waals surface area contributed by atoms with Crippen LogP contribution in [0.3, 0.4) is 0 Å². The van der Waals surface area contributed by atoms with Gasteiger partial charge in [-0.2, -0.15) is 4.98 Å². The number of carbonyl (C=O) groups is 1. The number of benzene rings is 3. The van der Waals surface area contributed by atoms with Crippen LogP contribution in [0.2, 0.25) is 0 Å². The maximum Gasteiger partial charge on any atom is 0.258 e. The van der Waals surface area contributed by atoms with Gasteiger partial charge in [-0.25, -0.2) is 0 Å². The summed E-state index contributed by atoms with van der Waals surface area (Å²) in [6, 6.07) is 21.8. The third-order valence-corrected chi connectivity index (χ3v) is 4.23. The van der Waals surface area contributed by atoms with Crippen LogP contribution in [0.25, 0.3) is 22.8 Å². The Kier molecular flexibility index (Phi) is 4.94. The molecule has 4 aromatic rings. The van der Waals surface area contributed by atoms with Crippen LogP contribution in [0.4, 0.5) is 0 Å². The van der Waals surface area contributed by atoms with Gasteiger partial charge in [0.2, 0.25) is 5.82 Å². The van der Waals surface area contributed by atoms with E-state index in [1.54, 1.807) is 18.2 Å². The lowest BCUT2D eigenvalue weighted by molar-refractivity contribution is 0.0997. The third-order valence-electron chi connectivity index (χ3n) is 4.23. The lowest BCUT2D eigenvalue weighted by Gasteiger charge is -2.06. The average molecular weight is 387 g/mol. The Hall–Kier alpha value is -4.13. The minimum Gasteiger partial charge on any atom is -0.496 e. The van der Waals surface area contributed by atoms with Gasteiger partial charge in [-0.05, 0) is 54.6 Å². The number of hydrogen-bond donors (Lipinski definition) is 1. The summed E-state index contributed by atoms with van der Waals surface area (Å²) in [5.74, 6) is 1.98.